The molecule has 3 unspecified atom stereocenters. The van der Waals surface area contributed by atoms with Gasteiger partial charge in [0.2, 0.25) is 0 Å². The van der Waals surface area contributed by atoms with Crippen LogP contribution < -0.4 is 0 Å². The van der Waals surface area contributed by atoms with Crippen LogP contribution in [0.3, 0.4) is 0 Å². The zero-order valence-corrected chi connectivity index (χ0v) is 11.7. The van der Waals surface area contributed by atoms with Gasteiger partial charge in [-0.2, -0.15) is 0 Å². The maximum atomic E-state index is 6.15. The van der Waals surface area contributed by atoms with Gasteiger partial charge >= 0.3 is 0 Å². The van der Waals surface area contributed by atoms with Gasteiger partial charge < -0.3 is 9.47 Å². The summed E-state index contributed by atoms with van der Waals surface area (Å²) in [7, 11) is 0. The number of hydrogen-bond acceptors (Lipinski definition) is 2. The van der Waals surface area contributed by atoms with Crippen LogP contribution in [0.1, 0.15) is 51.9 Å². The second kappa shape index (κ2) is 6.36. The van der Waals surface area contributed by atoms with Crippen LogP contribution in [0.4, 0.5) is 0 Å². The number of ether oxygens (including phenoxy) is 2. The van der Waals surface area contributed by atoms with E-state index in [-0.39, 0.29) is 0 Å². The molecule has 0 aliphatic heterocycles. The molecular formula is C13H23BrO2. The molecule has 0 N–H and O–H groups in total. The summed E-state index contributed by atoms with van der Waals surface area (Å²) in [6.45, 7) is 3.01. The Morgan fingerprint density at radius 3 is 2.56 bits per heavy atom. The highest BCUT2D eigenvalue weighted by Gasteiger charge is 2.42. The standard InChI is InChI=1S/C13H23BrO2/c1-2-8-15-13-11(14)9-12(13)16-10-6-4-3-5-7-10/h10-13H,2-9H2,1H3. The van der Waals surface area contributed by atoms with Gasteiger partial charge in [0.25, 0.3) is 0 Å². The highest BCUT2D eigenvalue weighted by atomic mass is 79.9. The number of alkyl halides is 1. The van der Waals surface area contributed by atoms with Crippen molar-refractivity contribution in [1.82, 2.24) is 0 Å². The largest absolute Gasteiger partial charge is 0.374 e. The molecule has 0 bridgehead atoms. The molecule has 0 spiro atoms. The normalized spacial score (nSPS) is 36.0. The van der Waals surface area contributed by atoms with Crippen molar-refractivity contribution >= 4 is 15.9 Å². The fraction of sp³-hybridized carbons (Fsp3) is 1.00. The monoisotopic (exact) mass is 290 g/mol. The second-order valence-corrected chi connectivity index (χ2v) is 6.20. The van der Waals surface area contributed by atoms with Crippen molar-refractivity contribution in [2.45, 2.75) is 75.0 Å². The molecule has 16 heavy (non-hydrogen) atoms. The van der Waals surface area contributed by atoms with Gasteiger partial charge in [-0.25, -0.2) is 0 Å². The molecule has 0 heterocycles. The molecule has 94 valence electrons. The number of halogens is 1. The Hall–Kier alpha value is 0.400. The van der Waals surface area contributed by atoms with E-state index < -0.39 is 0 Å². The van der Waals surface area contributed by atoms with E-state index in [0.717, 1.165) is 19.4 Å². The van der Waals surface area contributed by atoms with E-state index in [2.05, 4.69) is 22.9 Å². The molecular weight excluding hydrogens is 268 g/mol. The lowest BCUT2D eigenvalue weighted by molar-refractivity contribution is -0.150. The zero-order valence-electron chi connectivity index (χ0n) is 10.2. The van der Waals surface area contributed by atoms with Gasteiger partial charge in [0.15, 0.2) is 0 Å². The number of rotatable bonds is 5. The topological polar surface area (TPSA) is 18.5 Å². The summed E-state index contributed by atoms with van der Waals surface area (Å²) in [5, 5.41) is 0. The molecule has 3 atom stereocenters. The molecule has 0 amide bonds. The molecule has 2 rings (SSSR count). The Labute approximate surface area is 107 Å². The van der Waals surface area contributed by atoms with Gasteiger partial charge in [-0.05, 0) is 25.7 Å². The van der Waals surface area contributed by atoms with Crippen LogP contribution in [0.5, 0.6) is 0 Å². The maximum Gasteiger partial charge on any atom is 0.0962 e. The number of hydrogen-bond donors (Lipinski definition) is 0. The van der Waals surface area contributed by atoms with Crippen molar-refractivity contribution in [2.75, 3.05) is 6.61 Å². The molecule has 2 aliphatic carbocycles. The Morgan fingerprint density at radius 2 is 1.94 bits per heavy atom. The summed E-state index contributed by atoms with van der Waals surface area (Å²) < 4.78 is 12.0. The van der Waals surface area contributed by atoms with E-state index in [1.165, 1.54) is 32.1 Å². The zero-order chi connectivity index (χ0) is 11.4. The molecule has 2 fully saturated rings. The lowest BCUT2D eigenvalue weighted by Gasteiger charge is -2.43. The van der Waals surface area contributed by atoms with Crippen LogP contribution in [-0.4, -0.2) is 29.7 Å². The third-order valence-corrected chi connectivity index (χ3v) is 4.51. The summed E-state index contributed by atoms with van der Waals surface area (Å²) in [6, 6.07) is 0. The first-order valence-electron chi connectivity index (χ1n) is 6.72. The quantitative estimate of drug-likeness (QED) is 0.720. The summed E-state index contributed by atoms with van der Waals surface area (Å²) in [4.78, 5) is 0.507. The summed E-state index contributed by atoms with van der Waals surface area (Å²) in [6.07, 6.45) is 9.94. The van der Waals surface area contributed by atoms with Gasteiger partial charge in [-0.3, -0.25) is 0 Å². The molecule has 2 aliphatic rings. The van der Waals surface area contributed by atoms with Crippen molar-refractivity contribution in [3.05, 3.63) is 0 Å². The van der Waals surface area contributed by atoms with Crippen molar-refractivity contribution in [3.63, 3.8) is 0 Å². The Morgan fingerprint density at radius 1 is 1.19 bits per heavy atom. The minimum atomic E-state index is 0.293. The third-order valence-electron chi connectivity index (χ3n) is 3.61. The van der Waals surface area contributed by atoms with Gasteiger partial charge in [-0.15, -0.1) is 0 Å². The molecule has 0 radical (unpaired) electrons. The highest BCUT2D eigenvalue weighted by Crippen LogP contribution is 2.35. The van der Waals surface area contributed by atoms with E-state index in [1.54, 1.807) is 0 Å². The van der Waals surface area contributed by atoms with Gasteiger partial charge in [0.05, 0.1) is 18.3 Å². The summed E-state index contributed by atoms with van der Waals surface area (Å²) in [5.41, 5.74) is 0. The lowest BCUT2D eigenvalue weighted by Crippen LogP contribution is -2.52. The van der Waals surface area contributed by atoms with Crippen molar-refractivity contribution in [3.8, 4) is 0 Å². The van der Waals surface area contributed by atoms with Crippen molar-refractivity contribution in [2.24, 2.45) is 0 Å². The summed E-state index contributed by atoms with van der Waals surface area (Å²) in [5.74, 6) is 0. The van der Waals surface area contributed by atoms with Gasteiger partial charge in [0.1, 0.15) is 0 Å². The van der Waals surface area contributed by atoms with Crippen LogP contribution >= 0.6 is 15.9 Å². The van der Waals surface area contributed by atoms with E-state index in [1.807, 2.05) is 0 Å². The predicted octanol–water partition coefficient (Wildman–Crippen LogP) is 3.67. The maximum absolute atomic E-state index is 6.15. The highest BCUT2D eigenvalue weighted by molar-refractivity contribution is 9.09. The first kappa shape index (κ1) is 12.8. The molecule has 0 aromatic heterocycles. The predicted molar refractivity (Wildman–Crippen MR) is 69.1 cm³/mol. The van der Waals surface area contributed by atoms with E-state index >= 15 is 0 Å². The molecule has 3 heteroatoms. The third kappa shape index (κ3) is 3.21. The van der Waals surface area contributed by atoms with Gasteiger partial charge in [-0.1, -0.05) is 42.1 Å². The molecule has 2 saturated carbocycles. The molecule has 0 aromatic carbocycles. The van der Waals surface area contributed by atoms with E-state index in [0.29, 0.717) is 23.1 Å². The molecule has 2 nitrogen and oxygen atoms in total. The van der Waals surface area contributed by atoms with Crippen LogP contribution in [0.15, 0.2) is 0 Å². The fourth-order valence-electron chi connectivity index (χ4n) is 2.57. The Bertz CT molecular complexity index is 204. The average molecular weight is 291 g/mol. The van der Waals surface area contributed by atoms with Crippen LogP contribution in [0.25, 0.3) is 0 Å². The first-order chi connectivity index (χ1) is 7.81. The fourth-order valence-corrected chi connectivity index (χ4v) is 3.44. The SMILES string of the molecule is CCCOC1C(Br)CC1OC1CCCCC1. The van der Waals surface area contributed by atoms with E-state index in [4.69, 9.17) is 9.47 Å². The minimum absolute atomic E-state index is 0.293. The minimum Gasteiger partial charge on any atom is -0.374 e. The van der Waals surface area contributed by atoms with Crippen molar-refractivity contribution in [1.29, 1.82) is 0 Å². The van der Waals surface area contributed by atoms with Crippen LogP contribution in [0.2, 0.25) is 0 Å². The lowest BCUT2D eigenvalue weighted by atomic mass is 9.90. The molecule has 0 saturated heterocycles. The van der Waals surface area contributed by atoms with Gasteiger partial charge in [0, 0.05) is 11.4 Å². The molecule has 0 aromatic rings. The first-order valence-corrected chi connectivity index (χ1v) is 7.64. The second-order valence-electron chi connectivity index (χ2n) is 5.02. The van der Waals surface area contributed by atoms with Crippen LogP contribution in [0, 0.1) is 0 Å². The smallest absolute Gasteiger partial charge is 0.0962 e. The van der Waals surface area contributed by atoms with Crippen molar-refractivity contribution < 1.29 is 9.47 Å². The summed E-state index contributed by atoms with van der Waals surface area (Å²) >= 11 is 3.66. The average Bonchev–Trinajstić information content (AvgIpc) is 2.30. The Kier molecular flexibility index (Phi) is 5.11. The van der Waals surface area contributed by atoms with Crippen LogP contribution in [-0.2, 0) is 9.47 Å². The Balaban J connectivity index is 1.72. The van der Waals surface area contributed by atoms with E-state index in [9.17, 15) is 0 Å².